The molecule has 0 bridgehead atoms. The third kappa shape index (κ3) is 3.49. The standard InChI is InChI=1S/C14H14ClNO5S/c1-16(2)22(18,19)13-7-11(3-4-12(13)15)14(17)21-9-10-5-6-20-8-10/h3-8H,9H2,1-2H3. The van der Waals surface area contributed by atoms with Crippen LogP contribution in [-0.4, -0.2) is 32.8 Å². The van der Waals surface area contributed by atoms with E-state index in [0.29, 0.717) is 5.56 Å². The van der Waals surface area contributed by atoms with Crippen LogP contribution in [0.2, 0.25) is 5.02 Å². The zero-order chi connectivity index (χ0) is 16.3. The molecule has 0 unspecified atom stereocenters. The van der Waals surface area contributed by atoms with Gasteiger partial charge in [0.2, 0.25) is 10.0 Å². The summed E-state index contributed by atoms with van der Waals surface area (Å²) >= 11 is 5.92. The Kier molecular flexibility index (Phi) is 4.90. The van der Waals surface area contributed by atoms with Gasteiger partial charge in [-0.15, -0.1) is 0 Å². The Balaban J connectivity index is 2.24. The summed E-state index contributed by atoms with van der Waals surface area (Å²) < 4.78 is 35.3. The highest BCUT2D eigenvalue weighted by Gasteiger charge is 2.22. The molecule has 0 fully saturated rings. The molecule has 0 saturated heterocycles. The number of halogens is 1. The maximum atomic E-state index is 12.1. The molecule has 1 heterocycles. The van der Waals surface area contributed by atoms with Gasteiger partial charge in [-0.1, -0.05) is 11.6 Å². The van der Waals surface area contributed by atoms with Crippen molar-refractivity contribution >= 4 is 27.6 Å². The van der Waals surface area contributed by atoms with Gasteiger partial charge in [0.25, 0.3) is 0 Å². The minimum Gasteiger partial charge on any atom is -0.472 e. The predicted molar refractivity (Wildman–Crippen MR) is 80.2 cm³/mol. The van der Waals surface area contributed by atoms with Crippen LogP contribution in [0.25, 0.3) is 0 Å². The number of carbonyl (C=O) groups excluding carboxylic acids is 1. The second-order valence-corrected chi connectivity index (χ2v) is 7.17. The zero-order valence-electron chi connectivity index (χ0n) is 11.9. The van der Waals surface area contributed by atoms with Crippen LogP contribution in [0, 0.1) is 0 Å². The summed E-state index contributed by atoms with van der Waals surface area (Å²) in [5.41, 5.74) is 0.803. The highest BCUT2D eigenvalue weighted by molar-refractivity contribution is 7.89. The van der Waals surface area contributed by atoms with Crippen LogP contribution in [0.1, 0.15) is 15.9 Å². The fourth-order valence-electron chi connectivity index (χ4n) is 1.63. The Labute approximate surface area is 133 Å². The van der Waals surface area contributed by atoms with Crippen LogP contribution in [0.3, 0.4) is 0 Å². The molecule has 1 aromatic carbocycles. The molecule has 0 saturated carbocycles. The van der Waals surface area contributed by atoms with E-state index in [1.54, 1.807) is 6.07 Å². The van der Waals surface area contributed by atoms with Gasteiger partial charge in [-0.3, -0.25) is 0 Å². The number of carbonyl (C=O) groups is 1. The maximum Gasteiger partial charge on any atom is 0.338 e. The molecule has 0 amide bonds. The molecule has 22 heavy (non-hydrogen) atoms. The van der Waals surface area contributed by atoms with E-state index in [4.69, 9.17) is 20.8 Å². The summed E-state index contributed by atoms with van der Waals surface area (Å²) in [6.45, 7) is 0.0354. The lowest BCUT2D eigenvalue weighted by atomic mass is 10.2. The van der Waals surface area contributed by atoms with E-state index in [0.717, 1.165) is 4.31 Å². The van der Waals surface area contributed by atoms with Crippen molar-refractivity contribution in [2.45, 2.75) is 11.5 Å². The first kappa shape index (κ1) is 16.5. The van der Waals surface area contributed by atoms with Gasteiger partial charge >= 0.3 is 5.97 Å². The average Bonchev–Trinajstić information content (AvgIpc) is 2.98. The summed E-state index contributed by atoms with van der Waals surface area (Å²) in [6.07, 6.45) is 2.92. The van der Waals surface area contributed by atoms with Crippen molar-refractivity contribution in [3.8, 4) is 0 Å². The van der Waals surface area contributed by atoms with E-state index in [9.17, 15) is 13.2 Å². The second-order valence-electron chi connectivity index (χ2n) is 4.64. The Morgan fingerprint density at radius 2 is 2.05 bits per heavy atom. The van der Waals surface area contributed by atoms with Crippen LogP contribution in [-0.2, 0) is 21.4 Å². The first-order valence-corrected chi connectivity index (χ1v) is 8.04. The van der Waals surface area contributed by atoms with Crippen LogP contribution in [0.5, 0.6) is 0 Å². The van der Waals surface area contributed by atoms with Gasteiger partial charge < -0.3 is 9.15 Å². The number of nitrogens with zero attached hydrogens (tertiary/aromatic N) is 1. The Hall–Kier alpha value is -1.83. The number of ether oxygens (including phenoxy) is 1. The lowest BCUT2D eigenvalue weighted by Gasteiger charge is -2.13. The molecule has 0 aliphatic heterocycles. The molecule has 0 N–H and O–H groups in total. The molecule has 0 atom stereocenters. The first-order valence-electron chi connectivity index (χ1n) is 6.22. The predicted octanol–water partition coefficient (Wildman–Crippen LogP) is 2.54. The summed E-state index contributed by atoms with van der Waals surface area (Å²) in [5.74, 6) is -0.645. The second kappa shape index (κ2) is 6.51. The maximum absolute atomic E-state index is 12.1. The van der Waals surface area contributed by atoms with Gasteiger partial charge in [-0.05, 0) is 24.3 Å². The number of furan rings is 1. The van der Waals surface area contributed by atoms with Crippen LogP contribution in [0.4, 0.5) is 0 Å². The number of rotatable bonds is 5. The molecule has 2 aromatic rings. The summed E-state index contributed by atoms with van der Waals surface area (Å²) in [7, 11) is -0.974. The molecule has 0 spiro atoms. The van der Waals surface area contributed by atoms with Crippen molar-refractivity contribution in [2.75, 3.05) is 14.1 Å². The molecule has 0 radical (unpaired) electrons. The van der Waals surface area contributed by atoms with E-state index < -0.39 is 16.0 Å². The lowest BCUT2D eigenvalue weighted by molar-refractivity contribution is 0.0472. The van der Waals surface area contributed by atoms with Crippen molar-refractivity contribution in [3.63, 3.8) is 0 Å². The molecular formula is C14H14ClNO5S. The van der Waals surface area contributed by atoms with Crippen LogP contribution >= 0.6 is 11.6 Å². The zero-order valence-corrected chi connectivity index (χ0v) is 13.5. The van der Waals surface area contributed by atoms with Gasteiger partial charge in [0.15, 0.2) is 0 Å². The number of hydrogen-bond acceptors (Lipinski definition) is 5. The van der Waals surface area contributed by atoms with Crippen molar-refractivity contribution in [3.05, 3.63) is 52.9 Å². The largest absolute Gasteiger partial charge is 0.472 e. The van der Waals surface area contributed by atoms with Crippen molar-refractivity contribution in [1.29, 1.82) is 0 Å². The van der Waals surface area contributed by atoms with E-state index in [1.807, 2.05) is 0 Å². The number of hydrogen-bond donors (Lipinski definition) is 0. The third-order valence-electron chi connectivity index (χ3n) is 2.88. The molecule has 2 rings (SSSR count). The van der Waals surface area contributed by atoms with Crippen molar-refractivity contribution in [2.24, 2.45) is 0 Å². The van der Waals surface area contributed by atoms with Gasteiger partial charge in [0.05, 0.1) is 23.1 Å². The monoisotopic (exact) mass is 343 g/mol. The SMILES string of the molecule is CN(C)S(=O)(=O)c1cc(C(=O)OCc2ccoc2)ccc1Cl. The first-order chi connectivity index (χ1) is 10.3. The quantitative estimate of drug-likeness (QED) is 0.780. The summed E-state index contributed by atoms with van der Waals surface area (Å²) in [4.78, 5) is 11.9. The fourth-order valence-corrected chi connectivity index (χ4v) is 3.03. The Morgan fingerprint density at radius 3 is 2.64 bits per heavy atom. The van der Waals surface area contributed by atoms with Crippen LogP contribution < -0.4 is 0 Å². The minimum atomic E-state index is -3.74. The number of sulfonamides is 1. The third-order valence-corrected chi connectivity index (χ3v) is 5.17. The Bertz CT molecular complexity index is 769. The molecular weight excluding hydrogens is 330 g/mol. The molecule has 1 aromatic heterocycles. The lowest BCUT2D eigenvalue weighted by Crippen LogP contribution is -2.23. The van der Waals surface area contributed by atoms with Gasteiger partial charge in [-0.2, -0.15) is 0 Å². The van der Waals surface area contributed by atoms with E-state index in [1.165, 1.54) is 44.8 Å². The summed E-state index contributed by atoms with van der Waals surface area (Å²) in [5, 5.41) is 0.0417. The van der Waals surface area contributed by atoms with E-state index in [2.05, 4.69) is 0 Å². The van der Waals surface area contributed by atoms with Crippen molar-refractivity contribution < 1.29 is 22.4 Å². The van der Waals surface area contributed by atoms with Crippen LogP contribution in [0.15, 0.2) is 46.1 Å². The molecule has 6 nitrogen and oxygen atoms in total. The molecule has 0 aliphatic rings. The minimum absolute atomic E-state index is 0.0354. The van der Waals surface area contributed by atoms with E-state index >= 15 is 0 Å². The van der Waals surface area contributed by atoms with Gasteiger partial charge in [0.1, 0.15) is 11.5 Å². The summed E-state index contributed by atoms with van der Waals surface area (Å²) in [6, 6.07) is 5.63. The average molecular weight is 344 g/mol. The van der Waals surface area contributed by atoms with Gasteiger partial charge in [0, 0.05) is 19.7 Å². The number of benzene rings is 1. The highest BCUT2D eigenvalue weighted by Crippen LogP contribution is 2.25. The number of esters is 1. The molecule has 118 valence electrons. The fraction of sp³-hybridized carbons (Fsp3) is 0.214. The van der Waals surface area contributed by atoms with E-state index in [-0.39, 0.29) is 22.1 Å². The van der Waals surface area contributed by atoms with Crippen molar-refractivity contribution in [1.82, 2.24) is 4.31 Å². The topological polar surface area (TPSA) is 76.8 Å². The highest BCUT2D eigenvalue weighted by atomic mass is 35.5. The van der Waals surface area contributed by atoms with Gasteiger partial charge in [-0.25, -0.2) is 17.5 Å². The Morgan fingerprint density at radius 1 is 1.32 bits per heavy atom. The smallest absolute Gasteiger partial charge is 0.338 e. The molecule has 0 aliphatic carbocycles. The normalized spacial score (nSPS) is 11.6. The molecule has 8 heteroatoms.